The number of thiophene rings is 1. The Morgan fingerprint density at radius 2 is 2.16 bits per heavy atom. The van der Waals surface area contributed by atoms with Crippen LogP contribution in [0.25, 0.3) is 0 Å². The molecule has 2 aromatic heterocycles. The number of methoxy groups -OCH3 is 1. The fourth-order valence-electron chi connectivity index (χ4n) is 3.89. The summed E-state index contributed by atoms with van der Waals surface area (Å²) in [5.41, 5.74) is 1.57. The van der Waals surface area contributed by atoms with E-state index >= 15 is 0 Å². The van der Waals surface area contributed by atoms with Crippen molar-refractivity contribution in [2.45, 2.75) is 59.4 Å². The molecule has 168 valence electrons. The average Bonchev–Trinajstić information content (AvgIpc) is 3.30. The lowest BCUT2D eigenvalue weighted by Crippen LogP contribution is -2.26. The van der Waals surface area contributed by atoms with Crippen molar-refractivity contribution in [1.29, 1.82) is 0 Å². The molecule has 1 aliphatic carbocycles. The molecule has 3 rings (SSSR count). The number of fused-ring (bicyclic) bond motifs is 1. The van der Waals surface area contributed by atoms with Crippen molar-refractivity contribution in [1.82, 2.24) is 9.78 Å². The number of ether oxygens (including phenoxy) is 1. The van der Waals surface area contributed by atoms with Crippen molar-refractivity contribution in [2.24, 2.45) is 11.3 Å². The van der Waals surface area contributed by atoms with Crippen LogP contribution in [0.2, 0.25) is 0 Å². The van der Waals surface area contributed by atoms with Crippen LogP contribution in [0, 0.1) is 21.4 Å². The minimum absolute atomic E-state index is 0.0788. The first-order valence-electron chi connectivity index (χ1n) is 10.3. The van der Waals surface area contributed by atoms with Gasteiger partial charge in [0.1, 0.15) is 17.4 Å². The smallest absolute Gasteiger partial charge is 0.341 e. The topological polar surface area (TPSA) is 116 Å². The van der Waals surface area contributed by atoms with Gasteiger partial charge < -0.3 is 10.1 Å². The molecule has 0 aliphatic heterocycles. The van der Waals surface area contributed by atoms with Gasteiger partial charge in [-0.3, -0.25) is 19.6 Å². The number of nitro groups is 1. The van der Waals surface area contributed by atoms with Crippen LogP contribution in [0.3, 0.4) is 0 Å². The first-order chi connectivity index (χ1) is 14.6. The highest BCUT2D eigenvalue weighted by molar-refractivity contribution is 7.17. The second kappa shape index (κ2) is 9.17. The Hall–Kier alpha value is -2.75. The number of amides is 1. The molecule has 0 saturated heterocycles. The third-order valence-corrected chi connectivity index (χ3v) is 6.92. The summed E-state index contributed by atoms with van der Waals surface area (Å²) in [6, 6.07) is 0. The summed E-state index contributed by atoms with van der Waals surface area (Å²) in [5, 5.41) is 18.1. The van der Waals surface area contributed by atoms with Crippen molar-refractivity contribution < 1.29 is 19.2 Å². The zero-order chi connectivity index (χ0) is 22.8. The third kappa shape index (κ3) is 5.30. The van der Waals surface area contributed by atoms with Gasteiger partial charge in [-0.25, -0.2) is 4.79 Å². The Morgan fingerprint density at radius 1 is 1.42 bits per heavy atom. The minimum atomic E-state index is -0.507. The van der Waals surface area contributed by atoms with E-state index in [2.05, 4.69) is 31.2 Å². The molecule has 0 fully saturated rings. The molecule has 31 heavy (non-hydrogen) atoms. The Labute approximate surface area is 184 Å². The van der Waals surface area contributed by atoms with E-state index in [9.17, 15) is 19.7 Å². The molecule has 1 atom stereocenters. The van der Waals surface area contributed by atoms with Crippen LogP contribution >= 0.6 is 11.3 Å². The van der Waals surface area contributed by atoms with Crippen molar-refractivity contribution in [3.63, 3.8) is 0 Å². The standard InChI is InChI=1S/C21H28N4O5S/c1-21(2,3)13-7-8-15-16(10-13)31-19(18(15)20(27)30-4)23-17(26)6-5-9-24-12-14(11-22-24)25(28)29/h11-13H,5-10H2,1-4H3,(H,23,26). The molecule has 0 radical (unpaired) electrons. The van der Waals surface area contributed by atoms with Crippen LogP contribution < -0.4 is 5.32 Å². The second-order valence-electron chi connectivity index (χ2n) is 8.88. The van der Waals surface area contributed by atoms with E-state index in [1.165, 1.54) is 35.5 Å². The van der Waals surface area contributed by atoms with E-state index in [0.29, 0.717) is 29.4 Å². The van der Waals surface area contributed by atoms with Gasteiger partial charge in [0, 0.05) is 17.8 Å². The minimum Gasteiger partial charge on any atom is -0.465 e. The number of aromatic nitrogens is 2. The van der Waals surface area contributed by atoms with Crippen molar-refractivity contribution >= 4 is 33.9 Å². The summed E-state index contributed by atoms with van der Waals surface area (Å²) in [6.07, 6.45) is 5.89. The number of anilines is 1. The lowest BCUT2D eigenvalue weighted by molar-refractivity contribution is -0.385. The Bertz CT molecular complexity index is 989. The molecule has 2 heterocycles. The molecule has 1 N–H and O–H groups in total. The number of aryl methyl sites for hydroxylation is 1. The third-order valence-electron chi connectivity index (χ3n) is 5.75. The van der Waals surface area contributed by atoms with Gasteiger partial charge in [0.15, 0.2) is 0 Å². The summed E-state index contributed by atoms with van der Waals surface area (Å²) in [6.45, 7) is 7.08. The molecule has 10 heteroatoms. The van der Waals surface area contributed by atoms with Gasteiger partial charge in [0.05, 0.1) is 17.6 Å². The molecule has 0 spiro atoms. The van der Waals surface area contributed by atoms with E-state index in [4.69, 9.17) is 4.74 Å². The summed E-state index contributed by atoms with van der Waals surface area (Å²) >= 11 is 1.46. The maximum absolute atomic E-state index is 12.5. The van der Waals surface area contributed by atoms with Gasteiger partial charge in [0.25, 0.3) is 0 Å². The van der Waals surface area contributed by atoms with E-state index in [1.807, 2.05) is 0 Å². The van der Waals surface area contributed by atoms with Crippen molar-refractivity contribution in [3.8, 4) is 0 Å². The number of nitrogens with zero attached hydrogens (tertiary/aromatic N) is 3. The predicted octanol–water partition coefficient (Wildman–Crippen LogP) is 4.21. The maximum Gasteiger partial charge on any atom is 0.341 e. The van der Waals surface area contributed by atoms with E-state index in [1.54, 1.807) is 0 Å². The number of nitrogens with one attached hydrogen (secondary N) is 1. The molecule has 1 aliphatic rings. The summed E-state index contributed by atoms with van der Waals surface area (Å²) in [4.78, 5) is 36.3. The summed E-state index contributed by atoms with van der Waals surface area (Å²) in [5.74, 6) is -0.116. The van der Waals surface area contributed by atoms with Crippen molar-refractivity contribution in [3.05, 3.63) is 38.5 Å². The molecule has 1 unspecified atom stereocenters. The monoisotopic (exact) mass is 448 g/mol. The molecule has 2 aromatic rings. The second-order valence-corrected chi connectivity index (χ2v) is 9.98. The molecule has 0 saturated carbocycles. The average molecular weight is 449 g/mol. The van der Waals surface area contributed by atoms with Gasteiger partial charge in [-0.2, -0.15) is 5.10 Å². The van der Waals surface area contributed by atoms with Crippen LogP contribution in [-0.2, 0) is 28.9 Å². The van der Waals surface area contributed by atoms with Gasteiger partial charge in [-0.1, -0.05) is 20.8 Å². The fraction of sp³-hybridized carbons (Fsp3) is 0.571. The largest absolute Gasteiger partial charge is 0.465 e. The fourth-order valence-corrected chi connectivity index (χ4v) is 5.22. The molecule has 0 bridgehead atoms. The first-order valence-corrected chi connectivity index (χ1v) is 11.1. The quantitative estimate of drug-likeness (QED) is 0.385. The zero-order valence-corrected chi connectivity index (χ0v) is 19.1. The highest BCUT2D eigenvalue weighted by atomic mass is 32.1. The number of carbonyl (C=O) groups is 2. The highest BCUT2D eigenvalue weighted by Crippen LogP contribution is 2.44. The normalized spacial score (nSPS) is 15.9. The highest BCUT2D eigenvalue weighted by Gasteiger charge is 2.34. The lowest BCUT2D eigenvalue weighted by atomic mass is 9.72. The summed E-state index contributed by atoms with van der Waals surface area (Å²) < 4.78 is 6.43. The van der Waals surface area contributed by atoms with E-state index < -0.39 is 10.9 Å². The van der Waals surface area contributed by atoms with Crippen LogP contribution in [-0.4, -0.2) is 33.7 Å². The van der Waals surface area contributed by atoms with Gasteiger partial charge >= 0.3 is 11.7 Å². The van der Waals surface area contributed by atoms with Crippen molar-refractivity contribution in [2.75, 3.05) is 12.4 Å². The number of carbonyl (C=O) groups excluding carboxylic acids is 2. The molecule has 1 amide bonds. The van der Waals surface area contributed by atoms with E-state index in [0.717, 1.165) is 29.7 Å². The number of rotatable bonds is 7. The molecule has 9 nitrogen and oxygen atoms in total. The Kier molecular flexibility index (Phi) is 6.78. The van der Waals surface area contributed by atoms with Gasteiger partial charge in [-0.05, 0) is 42.6 Å². The van der Waals surface area contributed by atoms with Gasteiger partial charge in [-0.15, -0.1) is 11.3 Å². The number of hydrogen-bond acceptors (Lipinski definition) is 7. The first kappa shape index (κ1) is 22.9. The van der Waals surface area contributed by atoms with Gasteiger partial charge in [0.2, 0.25) is 5.91 Å². The lowest BCUT2D eigenvalue weighted by Gasteiger charge is -2.33. The molecular formula is C21H28N4O5S. The van der Waals surface area contributed by atoms with Crippen LogP contribution in [0.4, 0.5) is 10.7 Å². The zero-order valence-electron chi connectivity index (χ0n) is 18.3. The Balaban J connectivity index is 1.67. The Morgan fingerprint density at radius 3 is 2.77 bits per heavy atom. The maximum atomic E-state index is 12.5. The van der Waals surface area contributed by atoms with Crippen LogP contribution in [0.15, 0.2) is 12.4 Å². The van der Waals surface area contributed by atoms with Crippen LogP contribution in [0.1, 0.15) is 60.8 Å². The summed E-state index contributed by atoms with van der Waals surface area (Å²) in [7, 11) is 1.35. The molecular weight excluding hydrogens is 420 g/mol. The van der Waals surface area contributed by atoms with E-state index in [-0.39, 0.29) is 23.4 Å². The number of hydrogen-bond donors (Lipinski definition) is 1. The SMILES string of the molecule is COC(=O)c1c(NC(=O)CCCn2cc([N+](=O)[O-])cn2)sc2c1CCC(C(C)(C)C)C2. The van der Waals surface area contributed by atoms with Crippen LogP contribution in [0.5, 0.6) is 0 Å². The predicted molar refractivity (Wildman–Crippen MR) is 117 cm³/mol. The molecule has 0 aromatic carbocycles. The number of esters is 1.